The molecule has 0 saturated carbocycles. The number of aliphatic hydroxyl groups excluding tert-OH is 1. The van der Waals surface area contributed by atoms with Crippen molar-refractivity contribution in [3.63, 3.8) is 0 Å². The summed E-state index contributed by atoms with van der Waals surface area (Å²) in [6.07, 6.45) is 70.4. The van der Waals surface area contributed by atoms with Gasteiger partial charge in [-0.3, -0.25) is 9.36 Å². The zero-order valence-corrected chi connectivity index (χ0v) is 46.6. The molecule has 0 bridgehead atoms. The van der Waals surface area contributed by atoms with Crippen LogP contribution in [-0.4, -0.2) is 68.5 Å². The van der Waals surface area contributed by atoms with Gasteiger partial charge in [0.05, 0.1) is 39.9 Å². The predicted molar refractivity (Wildman–Crippen MR) is 297 cm³/mol. The number of allylic oxidation sites excluding steroid dienone is 10. The second kappa shape index (κ2) is 50.9. The van der Waals surface area contributed by atoms with Gasteiger partial charge in [0.25, 0.3) is 7.82 Å². The number of quaternary nitrogens is 1. The van der Waals surface area contributed by atoms with Crippen LogP contribution in [0.3, 0.4) is 0 Å². The number of unbranched alkanes of at least 4 members (excludes halogenated alkanes) is 30. The Kier molecular flexibility index (Phi) is 49.3. The van der Waals surface area contributed by atoms with Crippen molar-refractivity contribution in [1.82, 2.24) is 5.32 Å². The van der Waals surface area contributed by atoms with Gasteiger partial charge in [-0.1, -0.05) is 273 Å². The average Bonchev–Trinajstić information content (AvgIpc) is 3.31. The molecule has 8 nitrogen and oxygen atoms in total. The lowest BCUT2D eigenvalue weighted by Crippen LogP contribution is -2.45. The van der Waals surface area contributed by atoms with Crippen molar-refractivity contribution in [2.45, 2.75) is 264 Å². The number of hydrogen-bond donors (Lipinski definition) is 2. The van der Waals surface area contributed by atoms with E-state index in [0.717, 1.165) is 44.9 Å². The lowest BCUT2D eigenvalue weighted by molar-refractivity contribution is -0.870. The molecular formula is C60H111N2O6P. The number of phosphoric acid groups is 1. The summed E-state index contributed by atoms with van der Waals surface area (Å²) in [5.74, 6) is -0.324. The monoisotopic (exact) mass is 987 g/mol. The number of carbonyl (C=O) groups is 1. The van der Waals surface area contributed by atoms with Gasteiger partial charge in [0.1, 0.15) is 13.2 Å². The van der Waals surface area contributed by atoms with E-state index in [0.29, 0.717) is 17.4 Å². The summed E-state index contributed by atoms with van der Waals surface area (Å²) >= 11 is 0. The highest BCUT2D eigenvalue weighted by molar-refractivity contribution is 7.45. The summed E-state index contributed by atoms with van der Waals surface area (Å²) in [4.78, 5) is 25.3. The standard InChI is InChI=1S/C60H111N2O6P/c1-6-8-10-12-14-16-18-20-22-23-24-25-26-27-28-29-30-31-32-33-34-35-36-37-38-40-41-43-45-47-49-51-53-59(63)58(57-68-69(65,66)67-56-55-62(3,4)5)61-60(64)54-52-50-48-46-44-42-39-21-19-17-15-13-11-9-7-2/h9,11,15,17,21,39,44,46,50-53,58-59,63H,6-8,10,12-14,16,18-20,22-38,40-43,45,47-49,54-57H2,1-5H3,(H-,61,64,65,66)/b11-9-,17-15-,39-21-,46-44-,52-50-,53-51+. The molecule has 0 fully saturated rings. The number of nitrogens with zero attached hydrogens (tertiary/aromatic N) is 1. The van der Waals surface area contributed by atoms with Gasteiger partial charge in [0.15, 0.2) is 0 Å². The van der Waals surface area contributed by atoms with Crippen LogP contribution >= 0.6 is 7.82 Å². The predicted octanol–water partition coefficient (Wildman–Crippen LogP) is 16.9. The number of carbonyl (C=O) groups excluding carboxylic acids is 1. The zero-order chi connectivity index (χ0) is 50.6. The van der Waals surface area contributed by atoms with Crippen LogP contribution in [0.1, 0.15) is 251 Å². The maximum Gasteiger partial charge on any atom is 0.268 e. The molecule has 0 aliphatic heterocycles. The van der Waals surface area contributed by atoms with Crippen LogP contribution in [0.15, 0.2) is 72.9 Å². The van der Waals surface area contributed by atoms with E-state index in [1.807, 2.05) is 33.3 Å². The van der Waals surface area contributed by atoms with Crippen LogP contribution in [0.4, 0.5) is 0 Å². The fourth-order valence-electron chi connectivity index (χ4n) is 8.22. The molecule has 1 amide bonds. The van der Waals surface area contributed by atoms with Gasteiger partial charge < -0.3 is 28.8 Å². The fraction of sp³-hybridized carbons (Fsp3) is 0.783. The Morgan fingerprint density at radius 2 is 0.870 bits per heavy atom. The molecule has 0 aromatic carbocycles. The third-order valence-corrected chi connectivity index (χ3v) is 13.7. The number of aliphatic hydroxyl groups is 1. The van der Waals surface area contributed by atoms with Gasteiger partial charge in [-0.2, -0.15) is 0 Å². The van der Waals surface area contributed by atoms with Crippen molar-refractivity contribution in [2.75, 3.05) is 40.9 Å². The first-order valence-corrected chi connectivity index (χ1v) is 30.3. The third-order valence-electron chi connectivity index (χ3n) is 12.7. The van der Waals surface area contributed by atoms with Gasteiger partial charge in [-0.25, -0.2) is 0 Å². The zero-order valence-electron chi connectivity index (χ0n) is 45.8. The van der Waals surface area contributed by atoms with Gasteiger partial charge in [-0.15, -0.1) is 0 Å². The molecule has 0 heterocycles. The molecule has 0 aromatic heterocycles. The Hall–Kier alpha value is -2.06. The SMILES string of the molecule is CC/C=C\C/C=C\C/C=C\C/C=C\C/C=C\CC(=O)NC(COP(=O)([O-])OCC[N+](C)(C)C)C(O)/C=C/CCCCCCCCCCCCCCCCCCCCCCCCCCCCCCCC. The van der Waals surface area contributed by atoms with E-state index >= 15 is 0 Å². The minimum absolute atomic E-state index is 0.0203. The van der Waals surface area contributed by atoms with Crippen LogP contribution in [0.5, 0.6) is 0 Å². The third kappa shape index (κ3) is 53.6. The number of likely N-dealkylation sites (N-methyl/N-ethyl adjacent to an activating group) is 1. The van der Waals surface area contributed by atoms with Gasteiger partial charge in [0.2, 0.25) is 5.91 Å². The number of hydrogen-bond acceptors (Lipinski definition) is 6. The Labute approximate surface area is 427 Å². The largest absolute Gasteiger partial charge is 0.756 e. The second-order valence-electron chi connectivity index (χ2n) is 20.6. The second-order valence-corrected chi connectivity index (χ2v) is 22.0. The highest BCUT2D eigenvalue weighted by Gasteiger charge is 2.23. The molecule has 9 heteroatoms. The molecule has 0 aliphatic carbocycles. The highest BCUT2D eigenvalue weighted by Crippen LogP contribution is 2.38. The Balaban J connectivity index is 4.15. The molecule has 0 aliphatic rings. The van der Waals surface area contributed by atoms with Crippen molar-refractivity contribution in [3.8, 4) is 0 Å². The van der Waals surface area contributed by atoms with Crippen molar-refractivity contribution < 1.29 is 32.9 Å². The minimum atomic E-state index is -4.62. The summed E-state index contributed by atoms with van der Waals surface area (Å²) in [7, 11) is 1.20. The highest BCUT2D eigenvalue weighted by atomic mass is 31.2. The molecule has 0 aromatic rings. The molecule has 402 valence electrons. The molecule has 2 N–H and O–H groups in total. The van der Waals surface area contributed by atoms with Crippen molar-refractivity contribution in [3.05, 3.63) is 72.9 Å². The topological polar surface area (TPSA) is 108 Å². The summed E-state index contributed by atoms with van der Waals surface area (Å²) in [6, 6.07) is -0.945. The lowest BCUT2D eigenvalue weighted by Gasteiger charge is -2.29. The first kappa shape index (κ1) is 66.9. The minimum Gasteiger partial charge on any atom is -0.756 e. The van der Waals surface area contributed by atoms with Gasteiger partial charge >= 0.3 is 0 Å². The lowest BCUT2D eigenvalue weighted by atomic mass is 10.0. The van der Waals surface area contributed by atoms with E-state index < -0.39 is 26.6 Å². The average molecular weight is 988 g/mol. The smallest absolute Gasteiger partial charge is 0.268 e. The maximum absolute atomic E-state index is 12.8. The van der Waals surface area contributed by atoms with Crippen LogP contribution in [0.2, 0.25) is 0 Å². The molecule has 0 saturated heterocycles. The molecule has 0 spiro atoms. The van der Waals surface area contributed by atoms with Gasteiger partial charge in [-0.05, 0) is 44.9 Å². The number of phosphoric ester groups is 1. The van der Waals surface area contributed by atoms with Crippen molar-refractivity contribution >= 4 is 13.7 Å². The quantitative estimate of drug-likeness (QED) is 0.0272. The first-order valence-electron chi connectivity index (χ1n) is 28.8. The number of rotatable bonds is 52. The molecule has 3 unspecified atom stereocenters. The molecule has 3 atom stereocenters. The molecular weight excluding hydrogens is 876 g/mol. The van der Waals surface area contributed by atoms with E-state index in [2.05, 4.69) is 67.8 Å². The molecule has 0 rings (SSSR count). The first-order chi connectivity index (χ1) is 33.5. The maximum atomic E-state index is 12.8. The summed E-state index contributed by atoms with van der Waals surface area (Å²) in [5.41, 5.74) is 0. The molecule has 69 heavy (non-hydrogen) atoms. The van der Waals surface area contributed by atoms with E-state index in [4.69, 9.17) is 9.05 Å². The normalized spacial score (nSPS) is 14.5. The van der Waals surface area contributed by atoms with E-state index in [-0.39, 0.29) is 18.9 Å². The van der Waals surface area contributed by atoms with Crippen LogP contribution in [-0.2, 0) is 18.4 Å². The number of nitrogens with one attached hydrogen (secondary N) is 1. The molecule has 0 radical (unpaired) electrons. The van der Waals surface area contributed by atoms with Gasteiger partial charge in [0, 0.05) is 6.42 Å². The van der Waals surface area contributed by atoms with Crippen LogP contribution < -0.4 is 10.2 Å². The van der Waals surface area contributed by atoms with Crippen LogP contribution in [0.25, 0.3) is 0 Å². The van der Waals surface area contributed by atoms with Crippen molar-refractivity contribution in [2.24, 2.45) is 0 Å². The van der Waals surface area contributed by atoms with E-state index in [1.165, 1.54) is 180 Å². The summed E-state index contributed by atoms with van der Waals surface area (Å²) in [5, 5.41) is 13.8. The Morgan fingerprint density at radius 1 is 0.522 bits per heavy atom. The fourth-order valence-corrected chi connectivity index (χ4v) is 8.95. The Bertz CT molecular complexity index is 1350. The van der Waals surface area contributed by atoms with Crippen LogP contribution in [0, 0.1) is 0 Å². The summed E-state index contributed by atoms with van der Waals surface area (Å²) < 4.78 is 23.2. The van der Waals surface area contributed by atoms with E-state index in [9.17, 15) is 19.4 Å². The number of amides is 1. The summed E-state index contributed by atoms with van der Waals surface area (Å²) in [6.45, 7) is 4.47. The Morgan fingerprint density at radius 3 is 1.23 bits per heavy atom. The van der Waals surface area contributed by atoms with E-state index in [1.54, 1.807) is 12.2 Å². The van der Waals surface area contributed by atoms with Crippen molar-refractivity contribution in [1.29, 1.82) is 0 Å².